The topological polar surface area (TPSA) is 84.5 Å². The van der Waals surface area contributed by atoms with Gasteiger partial charge in [0.2, 0.25) is 15.9 Å². The van der Waals surface area contributed by atoms with Crippen LogP contribution in [0.15, 0.2) is 53.4 Å². The average Bonchev–Trinajstić information content (AvgIpc) is 2.66. The first-order valence-corrected chi connectivity index (χ1v) is 11.8. The lowest BCUT2D eigenvalue weighted by Gasteiger charge is -2.18. The van der Waals surface area contributed by atoms with Crippen LogP contribution in [0.25, 0.3) is 0 Å². The van der Waals surface area contributed by atoms with Gasteiger partial charge in [-0.3, -0.25) is 4.79 Å². The van der Waals surface area contributed by atoms with Gasteiger partial charge in [0.15, 0.2) is 0 Å². The van der Waals surface area contributed by atoms with Crippen LogP contribution in [0.4, 0.5) is 5.69 Å². The van der Waals surface area contributed by atoms with E-state index in [1.807, 2.05) is 38.3 Å². The zero-order valence-electron chi connectivity index (χ0n) is 16.3. The standard InChI is InChI=1S/C20H26N2O4S2/c1-4-26-17-8-10-18(11-9-17)28(24,25)22-19(12-13-27-3)20(23)21-16-7-5-6-15(2)14-16/h5-11,14,19,22H,4,12-13H2,1-3H3,(H,21,23)/t19-/m1/s1. The predicted molar refractivity (Wildman–Crippen MR) is 115 cm³/mol. The molecule has 1 amide bonds. The lowest BCUT2D eigenvalue weighted by Crippen LogP contribution is -2.44. The molecule has 0 aliphatic rings. The van der Waals surface area contributed by atoms with Crippen molar-refractivity contribution in [3.05, 3.63) is 54.1 Å². The van der Waals surface area contributed by atoms with Crippen molar-refractivity contribution >= 4 is 33.4 Å². The van der Waals surface area contributed by atoms with Crippen molar-refractivity contribution in [1.82, 2.24) is 4.72 Å². The quantitative estimate of drug-likeness (QED) is 0.613. The number of sulfonamides is 1. The van der Waals surface area contributed by atoms with Gasteiger partial charge in [-0.05, 0) is 74.2 Å². The van der Waals surface area contributed by atoms with Crippen LogP contribution in [0.5, 0.6) is 5.75 Å². The van der Waals surface area contributed by atoms with Crippen molar-refractivity contribution in [3.63, 3.8) is 0 Å². The predicted octanol–water partition coefficient (Wildman–Crippen LogP) is 3.43. The summed E-state index contributed by atoms with van der Waals surface area (Å²) >= 11 is 1.55. The molecular formula is C20H26N2O4S2. The lowest BCUT2D eigenvalue weighted by atomic mass is 10.2. The summed E-state index contributed by atoms with van der Waals surface area (Å²) in [4.78, 5) is 12.8. The highest BCUT2D eigenvalue weighted by Crippen LogP contribution is 2.17. The number of hydrogen-bond acceptors (Lipinski definition) is 5. The Morgan fingerprint density at radius 3 is 2.50 bits per heavy atom. The van der Waals surface area contributed by atoms with E-state index in [1.54, 1.807) is 30.0 Å². The van der Waals surface area contributed by atoms with Crippen molar-refractivity contribution in [2.24, 2.45) is 0 Å². The maximum Gasteiger partial charge on any atom is 0.242 e. The van der Waals surface area contributed by atoms with Crippen LogP contribution in [0.3, 0.4) is 0 Å². The Balaban J connectivity index is 2.15. The SMILES string of the molecule is CCOc1ccc(S(=O)(=O)N[C@H](CCSC)C(=O)Nc2cccc(C)c2)cc1. The van der Waals surface area contributed by atoms with Gasteiger partial charge < -0.3 is 10.1 Å². The molecule has 0 bridgehead atoms. The highest BCUT2D eigenvalue weighted by molar-refractivity contribution is 7.98. The highest BCUT2D eigenvalue weighted by atomic mass is 32.2. The maximum absolute atomic E-state index is 12.7. The molecule has 2 aromatic carbocycles. The molecule has 0 aromatic heterocycles. The zero-order valence-corrected chi connectivity index (χ0v) is 17.9. The van der Waals surface area contributed by atoms with Gasteiger partial charge in [0.1, 0.15) is 11.8 Å². The molecule has 2 rings (SSSR count). The van der Waals surface area contributed by atoms with Gasteiger partial charge in [-0.15, -0.1) is 0 Å². The Hall–Kier alpha value is -2.03. The monoisotopic (exact) mass is 422 g/mol. The van der Waals surface area contributed by atoms with Crippen molar-refractivity contribution in [3.8, 4) is 5.75 Å². The number of rotatable bonds is 10. The number of ether oxygens (including phenoxy) is 1. The van der Waals surface area contributed by atoms with Crippen LogP contribution in [0, 0.1) is 6.92 Å². The van der Waals surface area contributed by atoms with Gasteiger partial charge in [0.25, 0.3) is 0 Å². The van der Waals surface area contributed by atoms with Crippen LogP contribution in [0.2, 0.25) is 0 Å². The Labute approximate surface area is 171 Å². The van der Waals surface area contributed by atoms with E-state index in [4.69, 9.17) is 4.74 Å². The molecule has 0 fully saturated rings. The molecule has 0 saturated carbocycles. The van der Waals surface area contributed by atoms with E-state index >= 15 is 0 Å². The molecule has 0 spiro atoms. The van der Waals surface area contributed by atoms with E-state index in [2.05, 4.69) is 10.0 Å². The van der Waals surface area contributed by atoms with Crippen LogP contribution < -0.4 is 14.8 Å². The molecule has 0 unspecified atom stereocenters. The summed E-state index contributed by atoms with van der Waals surface area (Å²) in [6.07, 6.45) is 2.30. The van der Waals surface area contributed by atoms with E-state index < -0.39 is 16.1 Å². The number of carbonyl (C=O) groups is 1. The summed E-state index contributed by atoms with van der Waals surface area (Å²) in [5.74, 6) is 0.865. The third kappa shape index (κ3) is 6.54. The first kappa shape index (κ1) is 22.3. The molecular weight excluding hydrogens is 396 g/mol. The number of anilines is 1. The molecule has 0 heterocycles. The minimum Gasteiger partial charge on any atom is -0.494 e. The fourth-order valence-electron chi connectivity index (χ4n) is 2.57. The molecule has 2 N–H and O–H groups in total. The van der Waals surface area contributed by atoms with Crippen LogP contribution in [-0.2, 0) is 14.8 Å². The summed E-state index contributed by atoms with van der Waals surface area (Å²) in [5, 5.41) is 2.80. The Bertz CT molecular complexity index is 883. The van der Waals surface area contributed by atoms with Gasteiger partial charge in [0.05, 0.1) is 11.5 Å². The van der Waals surface area contributed by atoms with Crippen molar-refractivity contribution in [2.75, 3.05) is 23.9 Å². The average molecular weight is 423 g/mol. The first-order chi connectivity index (χ1) is 13.4. The third-order valence-electron chi connectivity index (χ3n) is 3.96. The highest BCUT2D eigenvalue weighted by Gasteiger charge is 2.25. The minimum absolute atomic E-state index is 0.0912. The molecule has 0 aliphatic carbocycles. The normalized spacial score (nSPS) is 12.4. The number of hydrogen-bond donors (Lipinski definition) is 2. The molecule has 6 nitrogen and oxygen atoms in total. The van der Waals surface area contributed by atoms with Crippen molar-refractivity contribution in [2.45, 2.75) is 31.2 Å². The minimum atomic E-state index is -3.84. The van der Waals surface area contributed by atoms with Crippen molar-refractivity contribution < 1.29 is 17.9 Å². The summed E-state index contributed by atoms with van der Waals surface area (Å²) < 4.78 is 33.4. The fourth-order valence-corrected chi connectivity index (χ4v) is 4.27. The Kier molecular flexibility index (Phi) is 8.35. The summed E-state index contributed by atoms with van der Waals surface area (Å²) in [6.45, 7) is 4.28. The van der Waals surface area contributed by atoms with Crippen LogP contribution in [0.1, 0.15) is 18.9 Å². The van der Waals surface area contributed by atoms with E-state index in [1.165, 1.54) is 12.1 Å². The molecule has 0 saturated heterocycles. The molecule has 1 atom stereocenters. The van der Waals surface area contributed by atoms with Crippen LogP contribution in [-0.4, -0.2) is 39.0 Å². The summed E-state index contributed by atoms with van der Waals surface area (Å²) in [6, 6.07) is 12.6. The summed E-state index contributed by atoms with van der Waals surface area (Å²) in [7, 11) is -3.84. The van der Waals surface area contributed by atoms with E-state index in [0.717, 1.165) is 5.56 Å². The molecule has 2 aromatic rings. The molecule has 152 valence electrons. The number of carbonyl (C=O) groups excluding carboxylic acids is 1. The zero-order chi connectivity index (χ0) is 20.6. The van der Waals surface area contributed by atoms with Crippen LogP contribution >= 0.6 is 11.8 Å². The Morgan fingerprint density at radius 2 is 1.89 bits per heavy atom. The number of aryl methyl sites for hydroxylation is 1. The number of benzene rings is 2. The number of thioether (sulfide) groups is 1. The summed E-state index contributed by atoms with van der Waals surface area (Å²) in [5.41, 5.74) is 1.65. The second-order valence-electron chi connectivity index (χ2n) is 6.22. The van der Waals surface area contributed by atoms with E-state index in [-0.39, 0.29) is 10.8 Å². The van der Waals surface area contributed by atoms with E-state index in [9.17, 15) is 13.2 Å². The molecule has 0 radical (unpaired) electrons. The van der Waals surface area contributed by atoms with Gasteiger partial charge in [-0.25, -0.2) is 8.42 Å². The molecule has 0 aliphatic heterocycles. The largest absolute Gasteiger partial charge is 0.494 e. The smallest absolute Gasteiger partial charge is 0.242 e. The third-order valence-corrected chi connectivity index (χ3v) is 6.09. The van der Waals surface area contributed by atoms with Gasteiger partial charge in [0, 0.05) is 5.69 Å². The lowest BCUT2D eigenvalue weighted by molar-refractivity contribution is -0.117. The van der Waals surface area contributed by atoms with Crippen molar-refractivity contribution in [1.29, 1.82) is 0 Å². The first-order valence-electron chi connectivity index (χ1n) is 8.97. The van der Waals surface area contributed by atoms with Gasteiger partial charge in [-0.2, -0.15) is 16.5 Å². The maximum atomic E-state index is 12.7. The Morgan fingerprint density at radius 1 is 1.18 bits per heavy atom. The number of nitrogens with one attached hydrogen (secondary N) is 2. The molecule has 28 heavy (non-hydrogen) atoms. The second-order valence-corrected chi connectivity index (χ2v) is 8.92. The van der Waals surface area contributed by atoms with Gasteiger partial charge >= 0.3 is 0 Å². The van der Waals surface area contributed by atoms with E-state index in [0.29, 0.717) is 30.2 Å². The van der Waals surface area contributed by atoms with Gasteiger partial charge in [-0.1, -0.05) is 12.1 Å². The number of amides is 1. The molecule has 8 heteroatoms. The second kappa shape index (κ2) is 10.5. The fraction of sp³-hybridized carbons (Fsp3) is 0.350.